The summed E-state index contributed by atoms with van der Waals surface area (Å²) < 4.78 is 5.57. The van der Waals surface area contributed by atoms with Crippen molar-refractivity contribution in [2.45, 2.75) is 109 Å². The first-order chi connectivity index (χ1) is 14.7. The number of piperidine rings is 1. The predicted octanol–water partition coefficient (Wildman–Crippen LogP) is 6.67. The lowest BCUT2D eigenvalue weighted by atomic mass is 9.85. The molecule has 0 spiro atoms. The van der Waals surface area contributed by atoms with E-state index in [9.17, 15) is 9.59 Å². The fourth-order valence-corrected chi connectivity index (χ4v) is 5.17. The molecule has 2 unspecified atom stereocenters. The van der Waals surface area contributed by atoms with Crippen LogP contribution in [-0.2, 0) is 16.1 Å². The maximum absolute atomic E-state index is 12.7. The van der Waals surface area contributed by atoms with Gasteiger partial charge in [-0.05, 0) is 37.7 Å². The van der Waals surface area contributed by atoms with Crippen LogP contribution < -0.4 is 0 Å². The first kappa shape index (κ1) is 22.8. The number of ether oxygens (including phenoxy) is 1. The van der Waals surface area contributed by atoms with Crippen LogP contribution in [0.5, 0.6) is 0 Å². The first-order valence-corrected chi connectivity index (χ1v) is 12.2. The van der Waals surface area contributed by atoms with E-state index in [0.717, 1.165) is 44.1 Å². The van der Waals surface area contributed by atoms with Gasteiger partial charge in [0.1, 0.15) is 12.4 Å². The standard InChI is InChI=1S/C26H39NO3/c1-2-3-4-5-6-7-8-12-15-25(28)22-18-23-16-17-24(19-22)27(23)26(29)30-20-21-13-10-9-11-14-21/h9-11,13-14,22-24H,2-8,12,15-20H2,1H3. The zero-order valence-corrected chi connectivity index (χ0v) is 18.7. The second kappa shape index (κ2) is 12.1. The Morgan fingerprint density at radius 3 is 2.13 bits per heavy atom. The number of nitrogens with zero attached hydrogens (tertiary/aromatic N) is 1. The molecule has 4 heteroatoms. The molecule has 2 heterocycles. The van der Waals surface area contributed by atoms with Crippen molar-refractivity contribution < 1.29 is 14.3 Å². The fourth-order valence-electron chi connectivity index (χ4n) is 5.17. The highest BCUT2D eigenvalue weighted by Crippen LogP contribution is 2.40. The van der Waals surface area contributed by atoms with E-state index in [1.165, 1.54) is 44.9 Å². The SMILES string of the molecule is CCCCCCCCCCC(=O)C1CC2CCC(C1)N2C(=O)OCc1ccccc1. The summed E-state index contributed by atoms with van der Waals surface area (Å²) in [5.41, 5.74) is 1.01. The molecule has 4 nitrogen and oxygen atoms in total. The van der Waals surface area contributed by atoms with Gasteiger partial charge in [-0.25, -0.2) is 4.79 Å². The van der Waals surface area contributed by atoms with E-state index in [-0.39, 0.29) is 24.1 Å². The van der Waals surface area contributed by atoms with Gasteiger partial charge in [-0.1, -0.05) is 82.2 Å². The van der Waals surface area contributed by atoms with Crippen molar-refractivity contribution in [3.8, 4) is 0 Å². The van der Waals surface area contributed by atoms with Crippen molar-refractivity contribution in [3.63, 3.8) is 0 Å². The van der Waals surface area contributed by atoms with Crippen LogP contribution in [0.1, 0.15) is 96.0 Å². The van der Waals surface area contributed by atoms with Crippen LogP contribution in [0.15, 0.2) is 30.3 Å². The number of unbranched alkanes of at least 4 members (excludes halogenated alkanes) is 7. The van der Waals surface area contributed by atoms with Crippen molar-refractivity contribution in [1.82, 2.24) is 4.90 Å². The minimum Gasteiger partial charge on any atom is -0.445 e. The van der Waals surface area contributed by atoms with Crippen molar-refractivity contribution >= 4 is 11.9 Å². The van der Waals surface area contributed by atoms with Crippen molar-refractivity contribution in [1.29, 1.82) is 0 Å². The number of Topliss-reactive ketones (excluding diaryl/α,β-unsaturated/α-hetero) is 1. The summed E-state index contributed by atoms with van der Waals surface area (Å²) in [4.78, 5) is 27.3. The molecule has 1 amide bonds. The summed E-state index contributed by atoms with van der Waals surface area (Å²) in [6, 6.07) is 10.2. The van der Waals surface area contributed by atoms with Crippen LogP contribution in [0.3, 0.4) is 0 Å². The van der Waals surface area contributed by atoms with Gasteiger partial charge < -0.3 is 9.64 Å². The molecule has 0 saturated carbocycles. The number of ketones is 1. The van der Waals surface area contributed by atoms with Gasteiger partial charge in [-0.15, -0.1) is 0 Å². The van der Waals surface area contributed by atoms with Crippen LogP contribution in [0, 0.1) is 5.92 Å². The summed E-state index contributed by atoms with van der Waals surface area (Å²) in [7, 11) is 0. The lowest BCUT2D eigenvalue weighted by Gasteiger charge is -2.37. The molecule has 30 heavy (non-hydrogen) atoms. The molecule has 3 rings (SSSR count). The molecule has 0 aromatic heterocycles. The number of hydrogen-bond acceptors (Lipinski definition) is 3. The lowest BCUT2D eigenvalue weighted by Crippen LogP contribution is -2.48. The molecule has 2 aliphatic heterocycles. The number of rotatable bonds is 12. The molecular formula is C26H39NO3. The number of hydrogen-bond donors (Lipinski definition) is 0. The number of fused-ring (bicyclic) bond motifs is 2. The quantitative estimate of drug-likeness (QED) is 0.360. The molecular weight excluding hydrogens is 374 g/mol. The molecule has 2 fully saturated rings. The van der Waals surface area contributed by atoms with Gasteiger partial charge in [0.15, 0.2) is 0 Å². The van der Waals surface area contributed by atoms with Crippen molar-refractivity contribution in [3.05, 3.63) is 35.9 Å². The normalized spacial score (nSPS) is 22.8. The number of carbonyl (C=O) groups is 2. The van der Waals surface area contributed by atoms with E-state index in [2.05, 4.69) is 6.92 Å². The van der Waals surface area contributed by atoms with Gasteiger partial charge in [0.25, 0.3) is 0 Å². The molecule has 2 bridgehead atoms. The van der Waals surface area contributed by atoms with E-state index in [4.69, 9.17) is 4.74 Å². The second-order valence-electron chi connectivity index (χ2n) is 9.19. The highest BCUT2D eigenvalue weighted by Gasteiger charge is 2.45. The minimum atomic E-state index is -0.208. The zero-order chi connectivity index (χ0) is 21.2. The summed E-state index contributed by atoms with van der Waals surface area (Å²) in [5, 5.41) is 0. The third-order valence-electron chi connectivity index (χ3n) is 6.88. The smallest absolute Gasteiger partial charge is 0.410 e. The number of amides is 1. The highest BCUT2D eigenvalue weighted by atomic mass is 16.6. The Morgan fingerprint density at radius 1 is 0.900 bits per heavy atom. The average molecular weight is 414 g/mol. The van der Waals surface area contributed by atoms with E-state index in [0.29, 0.717) is 12.4 Å². The van der Waals surface area contributed by atoms with Crippen LogP contribution in [-0.4, -0.2) is 28.9 Å². The fraction of sp³-hybridized carbons (Fsp3) is 0.692. The molecule has 2 aliphatic rings. The van der Waals surface area contributed by atoms with Gasteiger partial charge in [-0.3, -0.25) is 4.79 Å². The van der Waals surface area contributed by atoms with Crippen LogP contribution in [0.4, 0.5) is 4.79 Å². The van der Waals surface area contributed by atoms with Crippen molar-refractivity contribution in [2.24, 2.45) is 5.92 Å². The summed E-state index contributed by atoms with van der Waals surface area (Å²) >= 11 is 0. The summed E-state index contributed by atoms with van der Waals surface area (Å²) in [5.74, 6) is 0.570. The Morgan fingerprint density at radius 2 is 1.50 bits per heavy atom. The average Bonchev–Trinajstić information content (AvgIpc) is 3.03. The second-order valence-corrected chi connectivity index (χ2v) is 9.19. The van der Waals surface area contributed by atoms with E-state index >= 15 is 0 Å². The largest absolute Gasteiger partial charge is 0.445 e. The Labute approximate surface area is 182 Å². The third-order valence-corrected chi connectivity index (χ3v) is 6.88. The van der Waals surface area contributed by atoms with Gasteiger partial charge in [0.05, 0.1) is 0 Å². The predicted molar refractivity (Wildman–Crippen MR) is 120 cm³/mol. The molecule has 2 atom stereocenters. The highest BCUT2D eigenvalue weighted by molar-refractivity contribution is 5.81. The third kappa shape index (κ3) is 6.58. The molecule has 1 aromatic carbocycles. The summed E-state index contributed by atoms with van der Waals surface area (Å²) in [6.07, 6.45) is 14.3. The molecule has 0 radical (unpaired) electrons. The molecule has 0 aliphatic carbocycles. The molecule has 166 valence electrons. The Kier molecular flexibility index (Phi) is 9.23. The summed E-state index contributed by atoms with van der Waals surface area (Å²) in [6.45, 7) is 2.56. The number of carbonyl (C=O) groups excluding carboxylic acids is 2. The van der Waals surface area contributed by atoms with Crippen molar-refractivity contribution in [2.75, 3.05) is 0 Å². The van der Waals surface area contributed by atoms with Crippen LogP contribution in [0.25, 0.3) is 0 Å². The topological polar surface area (TPSA) is 46.6 Å². The van der Waals surface area contributed by atoms with Crippen LogP contribution in [0.2, 0.25) is 0 Å². The van der Waals surface area contributed by atoms with Crippen LogP contribution >= 0.6 is 0 Å². The Hall–Kier alpha value is -1.84. The van der Waals surface area contributed by atoms with E-state index in [1.807, 2.05) is 35.2 Å². The monoisotopic (exact) mass is 413 g/mol. The first-order valence-electron chi connectivity index (χ1n) is 12.2. The Bertz CT molecular complexity index is 646. The zero-order valence-electron chi connectivity index (χ0n) is 18.7. The van der Waals surface area contributed by atoms with E-state index < -0.39 is 0 Å². The van der Waals surface area contributed by atoms with Gasteiger partial charge in [-0.2, -0.15) is 0 Å². The number of benzene rings is 1. The van der Waals surface area contributed by atoms with E-state index in [1.54, 1.807) is 0 Å². The lowest BCUT2D eigenvalue weighted by molar-refractivity contribution is -0.125. The van der Waals surface area contributed by atoms with Gasteiger partial charge in [0.2, 0.25) is 0 Å². The molecule has 1 aromatic rings. The molecule has 2 saturated heterocycles. The Balaban J connectivity index is 1.35. The van der Waals surface area contributed by atoms with Gasteiger partial charge in [0, 0.05) is 24.4 Å². The maximum atomic E-state index is 12.7. The minimum absolute atomic E-state index is 0.144. The molecule has 0 N–H and O–H groups in total. The maximum Gasteiger partial charge on any atom is 0.410 e. The van der Waals surface area contributed by atoms with Gasteiger partial charge >= 0.3 is 6.09 Å².